The fourth-order valence-electron chi connectivity index (χ4n) is 2.88. The van der Waals surface area contributed by atoms with E-state index in [2.05, 4.69) is 5.32 Å². The minimum atomic E-state index is -0.614. The highest BCUT2D eigenvalue weighted by Crippen LogP contribution is 2.19. The highest BCUT2D eigenvalue weighted by Gasteiger charge is 2.18. The lowest BCUT2D eigenvalue weighted by molar-refractivity contribution is -0.124. The Bertz CT molecular complexity index is 789. The summed E-state index contributed by atoms with van der Waals surface area (Å²) in [4.78, 5) is 24.2. The summed E-state index contributed by atoms with van der Waals surface area (Å²) >= 11 is 0. The molecule has 1 aliphatic heterocycles. The zero-order chi connectivity index (χ0) is 20.3. The van der Waals surface area contributed by atoms with E-state index in [1.807, 2.05) is 30.3 Å². The number of rotatable bonds is 10. The fourth-order valence-corrected chi connectivity index (χ4v) is 2.88. The molecule has 1 N–H and O–H groups in total. The normalized spacial score (nSPS) is 15.5. The smallest absolute Gasteiger partial charge is 0.342 e. The van der Waals surface area contributed by atoms with Gasteiger partial charge in [-0.15, -0.1) is 0 Å². The fraction of sp³-hybridized carbons (Fsp3) is 0.364. The van der Waals surface area contributed by atoms with Crippen molar-refractivity contribution in [3.8, 4) is 11.5 Å². The SMILES string of the molecule is O=C(COC(=O)c1ccccc1OCCOc1ccccc1)NC[C@@H]1CCCO1. The maximum Gasteiger partial charge on any atom is 0.342 e. The van der Waals surface area contributed by atoms with Gasteiger partial charge in [0.2, 0.25) is 0 Å². The van der Waals surface area contributed by atoms with Crippen molar-refractivity contribution < 1.29 is 28.5 Å². The van der Waals surface area contributed by atoms with Gasteiger partial charge in [0.05, 0.1) is 6.10 Å². The van der Waals surface area contributed by atoms with Crippen molar-refractivity contribution in [2.24, 2.45) is 0 Å². The summed E-state index contributed by atoms with van der Waals surface area (Å²) in [5.41, 5.74) is 0.263. The van der Waals surface area contributed by atoms with Crippen LogP contribution in [0.4, 0.5) is 0 Å². The van der Waals surface area contributed by atoms with Gasteiger partial charge in [-0.3, -0.25) is 4.79 Å². The van der Waals surface area contributed by atoms with Crippen LogP contribution < -0.4 is 14.8 Å². The maximum atomic E-state index is 12.3. The van der Waals surface area contributed by atoms with E-state index in [0.717, 1.165) is 25.2 Å². The molecule has 1 saturated heterocycles. The molecule has 0 aromatic heterocycles. The largest absolute Gasteiger partial charge is 0.490 e. The summed E-state index contributed by atoms with van der Waals surface area (Å²) in [7, 11) is 0. The molecule has 1 heterocycles. The van der Waals surface area contributed by atoms with E-state index in [4.69, 9.17) is 18.9 Å². The first-order valence-corrected chi connectivity index (χ1v) is 9.67. The Morgan fingerprint density at radius 3 is 2.55 bits per heavy atom. The topological polar surface area (TPSA) is 83.1 Å². The Labute approximate surface area is 169 Å². The molecule has 0 spiro atoms. The minimum absolute atomic E-state index is 0.0434. The zero-order valence-electron chi connectivity index (χ0n) is 16.2. The predicted molar refractivity (Wildman–Crippen MR) is 106 cm³/mol. The Balaban J connectivity index is 1.42. The van der Waals surface area contributed by atoms with Crippen LogP contribution in [-0.2, 0) is 14.3 Å². The Kier molecular flexibility index (Phi) is 7.89. The van der Waals surface area contributed by atoms with Crippen molar-refractivity contribution in [3.63, 3.8) is 0 Å². The Morgan fingerprint density at radius 2 is 1.76 bits per heavy atom. The molecule has 7 heteroatoms. The van der Waals surface area contributed by atoms with Gasteiger partial charge in [0.25, 0.3) is 5.91 Å². The lowest BCUT2D eigenvalue weighted by atomic mass is 10.2. The third kappa shape index (κ3) is 6.80. The molecule has 1 aliphatic rings. The van der Waals surface area contributed by atoms with Crippen molar-refractivity contribution in [3.05, 3.63) is 60.2 Å². The van der Waals surface area contributed by atoms with Gasteiger partial charge in [-0.05, 0) is 37.1 Å². The third-order valence-electron chi connectivity index (χ3n) is 4.35. The first kappa shape index (κ1) is 20.7. The number of para-hydroxylation sites is 2. The van der Waals surface area contributed by atoms with Crippen LogP contribution in [-0.4, -0.2) is 51.0 Å². The van der Waals surface area contributed by atoms with Crippen LogP contribution in [0.25, 0.3) is 0 Å². The molecule has 1 amide bonds. The van der Waals surface area contributed by atoms with E-state index in [9.17, 15) is 9.59 Å². The van der Waals surface area contributed by atoms with E-state index < -0.39 is 5.97 Å². The Hall–Kier alpha value is -3.06. The summed E-state index contributed by atoms with van der Waals surface area (Å²) in [5, 5.41) is 2.71. The quantitative estimate of drug-likeness (QED) is 0.488. The Morgan fingerprint density at radius 1 is 1.00 bits per heavy atom. The molecule has 0 radical (unpaired) electrons. The zero-order valence-corrected chi connectivity index (χ0v) is 16.2. The van der Waals surface area contributed by atoms with Crippen LogP contribution in [0, 0.1) is 0 Å². The minimum Gasteiger partial charge on any atom is -0.490 e. The molecule has 3 rings (SSSR count). The van der Waals surface area contributed by atoms with E-state index in [0.29, 0.717) is 18.9 Å². The van der Waals surface area contributed by atoms with Gasteiger partial charge in [0.1, 0.15) is 30.3 Å². The van der Waals surface area contributed by atoms with E-state index in [1.54, 1.807) is 24.3 Å². The van der Waals surface area contributed by atoms with Gasteiger partial charge in [0.15, 0.2) is 6.61 Å². The molecule has 1 fully saturated rings. The van der Waals surface area contributed by atoms with Gasteiger partial charge in [-0.25, -0.2) is 4.79 Å². The first-order chi connectivity index (χ1) is 14.2. The summed E-state index contributed by atoms with van der Waals surface area (Å²) in [5.74, 6) is 0.159. The van der Waals surface area contributed by atoms with Crippen molar-refractivity contribution >= 4 is 11.9 Å². The number of carbonyl (C=O) groups is 2. The number of ether oxygens (including phenoxy) is 4. The van der Waals surface area contributed by atoms with Gasteiger partial charge < -0.3 is 24.3 Å². The summed E-state index contributed by atoms with van der Waals surface area (Å²) < 4.78 is 21.8. The van der Waals surface area contributed by atoms with Crippen LogP contribution in [0.1, 0.15) is 23.2 Å². The van der Waals surface area contributed by atoms with Gasteiger partial charge >= 0.3 is 5.97 Å². The summed E-state index contributed by atoms with van der Waals surface area (Å²) in [6, 6.07) is 16.1. The molecule has 0 saturated carbocycles. The van der Waals surface area contributed by atoms with Crippen molar-refractivity contribution in [1.29, 1.82) is 0 Å². The maximum absolute atomic E-state index is 12.3. The van der Waals surface area contributed by atoms with E-state index in [1.165, 1.54) is 0 Å². The summed E-state index contributed by atoms with van der Waals surface area (Å²) in [6.45, 7) is 1.40. The lowest BCUT2D eigenvalue weighted by Crippen LogP contribution is -2.34. The molecule has 0 bridgehead atoms. The molecular formula is C22H25NO6. The second kappa shape index (κ2) is 11.1. The number of hydrogen-bond donors (Lipinski definition) is 1. The highest BCUT2D eigenvalue weighted by atomic mass is 16.5. The molecule has 7 nitrogen and oxygen atoms in total. The molecule has 154 valence electrons. The molecule has 2 aromatic carbocycles. The first-order valence-electron chi connectivity index (χ1n) is 9.67. The second-order valence-electron chi connectivity index (χ2n) is 6.52. The number of hydrogen-bond acceptors (Lipinski definition) is 6. The predicted octanol–water partition coefficient (Wildman–Crippen LogP) is 2.60. The number of benzene rings is 2. The monoisotopic (exact) mass is 399 g/mol. The molecule has 2 aromatic rings. The van der Waals surface area contributed by atoms with E-state index >= 15 is 0 Å². The van der Waals surface area contributed by atoms with Gasteiger partial charge in [0, 0.05) is 13.2 Å². The molecule has 1 atom stereocenters. The van der Waals surface area contributed by atoms with Crippen LogP contribution in [0.2, 0.25) is 0 Å². The summed E-state index contributed by atoms with van der Waals surface area (Å²) in [6.07, 6.45) is 1.98. The highest BCUT2D eigenvalue weighted by molar-refractivity contribution is 5.93. The van der Waals surface area contributed by atoms with Crippen molar-refractivity contribution in [2.75, 3.05) is 33.0 Å². The van der Waals surface area contributed by atoms with Crippen LogP contribution >= 0.6 is 0 Å². The lowest BCUT2D eigenvalue weighted by Gasteiger charge is -2.13. The molecule has 0 aliphatic carbocycles. The molecule has 0 unspecified atom stereocenters. The van der Waals surface area contributed by atoms with Crippen LogP contribution in [0.15, 0.2) is 54.6 Å². The average molecular weight is 399 g/mol. The number of amides is 1. The van der Waals surface area contributed by atoms with Gasteiger partial charge in [-0.1, -0.05) is 30.3 Å². The van der Waals surface area contributed by atoms with E-state index in [-0.39, 0.29) is 30.8 Å². The van der Waals surface area contributed by atoms with Crippen molar-refractivity contribution in [1.82, 2.24) is 5.32 Å². The number of nitrogens with one attached hydrogen (secondary N) is 1. The average Bonchev–Trinajstić information content (AvgIpc) is 3.28. The van der Waals surface area contributed by atoms with Crippen molar-refractivity contribution in [2.45, 2.75) is 18.9 Å². The molecular weight excluding hydrogens is 374 g/mol. The second-order valence-corrected chi connectivity index (χ2v) is 6.52. The van der Waals surface area contributed by atoms with Gasteiger partial charge in [-0.2, -0.15) is 0 Å². The number of carbonyl (C=O) groups excluding carboxylic acids is 2. The van der Waals surface area contributed by atoms with Crippen LogP contribution in [0.3, 0.4) is 0 Å². The molecule has 29 heavy (non-hydrogen) atoms. The third-order valence-corrected chi connectivity index (χ3v) is 4.35. The standard InChI is InChI=1S/C22H25NO6/c24-21(23-15-18-9-6-12-26-18)16-29-22(25)19-10-4-5-11-20(19)28-14-13-27-17-7-2-1-3-8-17/h1-5,7-8,10-11,18H,6,9,12-16H2,(H,23,24)/t18-/m0/s1. The van der Waals surface area contributed by atoms with Crippen LogP contribution in [0.5, 0.6) is 11.5 Å². The number of esters is 1.